The number of hydrogen-bond donors (Lipinski definition) is 1. The zero-order chi connectivity index (χ0) is 24.3. The van der Waals surface area contributed by atoms with E-state index in [2.05, 4.69) is 26.0 Å². The zero-order valence-electron chi connectivity index (χ0n) is 17.5. The number of fused-ring (bicyclic) bond motifs is 1. The molecule has 10 nitrogen and oxygen atoms in total. The number of carboxylic acids is 1. The summed E-state index contributed by atoms with van der Waals surface area (Å²) in [6.45, 7) is 3.16. The zero-order valence-corrected chi connectivity index (χ0v) is 19.8. The number of nitro groups is 1. The Morgan fingerprint density at radius 1 is 1.42 bits per heavy atom. The third-order valence-corrected chi connectivity index (χ3v) is 5.33. The summed E-state index contributed by atoms with van der Waals surface area (Å²) in [4.78, 5) is 39.4. The number of rotatable bonds is 8. The van der Waals surface area contributed by atoms with Crippen LogP contribution in [0.25, 0.3) is 10.9 Å². The molecule has 0 saturated carbocycles. The lowest BCUT2D eigenvalue weighted by Crippen LogP contribution is -2.23. The number of aliphatic carboxylic acids is 1. The normalized spacial score (nSPS) is 12.2. The van der Waals surface area contributed by atoms with Gasteiger partial charge in [0.05, 0.1) is 27.1 Å². The first kappa shape index (κ1) is 24.3. The lowest BCUT2D eigenvalue weighted by molar-refractivity contribution is -0.386. The second-order valence-corrected chi connectivity index (χ2v) is 8.33. The number of carbonyl (C=O) groups is 1. The molecule has 1 heterocycles. The first-order valence-electron chi connectivity index (χ1n) is 9.75. The van der Waals surface area contributed by atoms with Crippen LogP contribution in [0.5, 0.6) is 5.75 Å². The van der Waals surface area contributed by atoms with Gasteiger partial charge in [0, 0.05) is 22.5 Å². The molecule has 0 amide bonds. The third kappa shape index (κ3) is 5.37. The smallest absolute Gasteiger partial charge is 0.344 e. The molecule has 3 aromatic rings. The Hall–Kier alpha value is -3.31. The fourth-order valence-electron chi connectivity index (χ4n) is 2.98. The lowest BCUT2D eigenvalue weighted by Gasteiger charge is -2.12. The number of aryl methyl sites for hydroxylation is 1. The maximum atomic E-state index is 13.1. The summed E-state index contributed by atoms with van der Waals surface area (Å²) in [5.74, 6) is -1.23. The number of halogens is 2. The van der Waals surface area contributed by atoms with Crippen molar-refractivity contribution >= 4 is 56.3 Å². The molecule has 172 valence electrons. The van der Waals surface area contributed by atoms with Crippen LogP contribution >= 0.6 is 27.5 Å². The summed E-state index contributed by atoms with van der Waals surface area (Å²) in [6.07, 6.45) is 1.10. The molecule has 1 N–H and O–H groups in total. The Morgan fingerprint density at radius 3 is 2.79 bits per heavy atom. The molecule has 0 unspecified atom stereocenters. The van der Waals surface area contributed by atoms with Crippen molar-refractivity contribution in [2.45, 2.75) is 32.8 Å². The highest BCUT2D eigenvalue weighted by Gasteiger charge is 2.24. The highest BCUT2D eigenvalue weighted by molar-refractivity contribution is 9.10. The quantitative estimate of drug-likeness (QED) is 0.255. The summed E-state index contributed by atoms with van der Waals surface area (Å²) < 4.78 is 7.02. The van der Waals surface area contributed by atoms with Crippen LogP contribution in [0.4, 0.5) is 5.69 Å². The average molecular weight is 538 g/mol. The molecular formula is C21H18BrClN4O6. The van der Waals surface area contributed by atoms with Gasteiger partial charge in [-0.1, -0.05) is 34.5 Å². The van der Waals surface area contributed by atoms with Crippen LogP contribution in [0, 0.1) is 10.1 Å². The number of nitrogens with zero attached hydrogens (tertiary/aromatic N) is 4. The van der Waals surface area contributed by atoms with Gasteiger partial charge in [0.15, 0.2) is 6.10 Å². The van der Waals surface area contributed by atoms with Crippen LogP contribution in [-0.4, -0.2) is 38.0 Å². The molecule has 12 heteroatoms. The average Bonchev–Trinajstić information content (AvgIpc) is 2.75. The van der Waals surface area contributed by atoms with Crippen LogP contribution < -0.4 is 10.3 Å². The molecule has 0 spiro atoms. The van der Waals surface area contributed by atoms with Crippen molar-refractivity contribution in [1.82, 2.24) is 9.66 Å². The van der Waals surface area contributed by atoms with Crippen molar-refractivity contribution in [3.63, 3.8) is 0 Å². The van der Waals surface area contributed by atoms with Gasteiger partial charge in [-0.15, -0.1) is 0 Å². The number of benzene rings is 2. The summed E-state index contributed by atoms with van der Waals surface area (Å²) in [5, 5.41) is 25.0. The van der Waals surface area contributed by atoms with E-state index in [0.717, 1.165) is 17.2 Å². The van der Waals surface area contributed by atoms with Gasteiger partial charge < -0.3 is 9.84 Å². The van der Waals surface area contributed by atoms with Crippen molar-refractivity contribution in [2.24, 2.45) is 5.10 Å². The number of carboxylic acid groups (broad SMARTS) is 1. The highest BCUT2D eigenvalue weighted by atomic mass is 79.9. The number of ether oxygens (including phenoxy) is 1. The molecule has 1 aromatic heterocycles. The van der Waals surface area contributed by atoms with Crippen LogP contribution in [0.2, 0.25) is 5.02 Å². The van der Waals surface area contributed by atoms with E-state index in [-0.39, 0.29) is 16.3 Å². The van der Waals surface area contributed by atoms with E-state index in [1.54, 1.807) is 18.2 Å². The van der Waals surface area contributed by atoms with Crippen LogP contribution in [0.1, 0.15) is 31.7 Å². The van der Waals surface area contributed by atoms with E-state index in [9.17, 15) is 19.7 Å². The first-order valence-corrected chi connectivity index (χ1v) is 10.9. The van der Waals surface area contributed by atoms with Crippen molar-refractivity contribution in [2.75, 3.05) is 0 Å². The van der Waals surface area contributed by atoms with Gasteiger partial charge in [-0.05, 0) is 37.6 Å². The molecule has 0 fully saturated rings. The molecular weight excluding hydrogens is 520 g/mol. The van der Waals surface area contributed by atoms with Gasteiger partial charge in [-0.25, -0.2) is 9.78 Å². The Labute approximate surface area is 200 Å². The van der Waals surface area contributed by atoms with E-state index in [4.69, 9.17) is 21.4 Å². The number of nitro benzene ring substituents is 1. The SMILES string of the molecule is CCCc1nc2ccc(Br)cc2c(=O)n1N=Cc1cc(Cl)c(O[C@H](C)C(=O)O)c([N+](=O)[O-])c1. The molecule has 0 radical (unpaired) electrons. The van der Waals surface area contributed by atoms with Crippen molar-refractivity contribution in [1.29, 1.82) is 0 Å². The maximum absolute atomic E-state index is 13.1. The van der Waals surface area contributed by atoms with E-state index >= 15 is 0 Å². The van der Waals surface area contributed by atoms with Crippen molar-refractivity contribution in [3.8, 4) is 5.75 Å². The molecule has 0 aliphatic rings. The first-order chi connectivity index (χ1) is 15.6. The van der Waals surface area contributed by atoms with Crippen LogP contribution in [0.3, 0.4) is 0 Å². The van der Waals surface area contributed by atoms with Crippen molar-refractivity contribution < 1.29 is 19.6 Å². The molecule has 33 heavy (non-hydrogen) atoms. The summed E-state index contributed by atoms with van der Waals surface area (Å²) in [5.41, 5.74) is -0.174. The van der Waals surface area contributed by atoms with E-state index in [1.807, 2.05) is 6.92 Å². The van der Waals surface area contributed by atoms with Gasteiger partial charge >= 0.3 is 11.7 Å². The summed E-state index contributed by atoms with van der Waals surface area (Å²) in [6, 6.07) is 7.62. The van der Waals surface area contributed by atoms with Crippen LogP contribution in [0.15, 0.2) is 44.7 Å². The van der Waals surface area contributed by atoms with E-state index in [0.29, 0.717) is 27.6 Å². The van der Waals surface area contributed by atoms with Gasteiger partial charge in [-0.2, -0.15) is 9.78 Å². The lowest BCUT2D eigenvalue weighted by atomic mass is 10.2. The molecule has 1 atom stereocenters. The fourth-order valence-corrected chi connectivity index (χ4v) is 3.61. The minimum Gasteiger partial charge on any atom is -0.479 e. The second-order valence-electron chi connectivity index (χ2n) is 7.01. The Bertz CT molecular complexity index is 1340. The summed E-state index contributed by atoms with van der Waals surface area (Å²) >= 11 is 9.48. The molecule has 0 aliphatic carbocycles. The topological polar surface area (TPSA) is 137 Å². The van der Waals surface area contributed by atoms with Gasteiger partial charge in [0.1, 0.15) is 5.82 Å². The van der Waals surface area contributed by atoms with Gasteiger partial charge in [0.25, 0.3) is 5.56 Å². The van der Waals surface area contributed by atoms with E-state index in [1.165, 1.54) is 19.2 Å². The van der Waals surface area contributed by atoms with Gasteiger partial charge in [-0.3, -0.25) is 14.9 Å². The minimum absolute atomic E-state index is 0.166. The predicted octanol–water partition coefficient (Wildman–Crippen LogP) is 4.41. The van der Waals surface area contributed by atoms with E-state index < -0.39 is 28.2 Å². The standard InChI is InChI=1S/C21H18BrClN4O6/c1-3-4-18-25-16-6-5-13(22)9-14(16)20(28)26(18)24-10-12-7-15(23)19(17(8-12)27(31)32)33-11(2)21(29)30/h5-11H,3-4H2,1-2H3,(H,29,30)/t11-/m1/s1. The molecule has 0 bridgehead atoms. The van der Waals surface area contributed by atoms with Crippen LogP contribution in [-0.2, 0) is 11.2 Å². The van der Waals surface area contributed by atoms with Gasteiger partial charge in [0.2, 0.25) is 5.75 Å². The molecule has 3 rings (SSSR count). The minimum atomic E-state index is -1.35. The molecule has 2 aromatic carbocycles. The molecule has 0 saturated heterocycles. The fraction of sp³-hybridized carbons (Fsp3) is 0.238. The maximum Gasteiger partial charge on any atom is 0.344 e. The number of hydrogen-bond acceptors (Lipinski definition) is 7. The Kier molecular flexibility index (Phi) is 7.44. The third-order valence-electron chi connectivity index (χ3n) is 4.56. The molecule has 0 aliphatic heterocycles. The monoisotopic (exact) mass is 536 g/mol. The predicted molar refractivity (Wildman–Crippen MR) is 127 cm³/mol. The number of aromatic nitrogens is 2. The summed E-state index contributed by atoms with van der Waals surface area (Å²) in [7, 11) is 0. The Morgan fingerprint density at radius 2 is 2.15 bits per heavy atom. The second kappa shape index (κ2) is 10.1. The Balaban J connectivity index is 2.10. The largest absolute Gasteiger partial charge is 0.479 e. The van der Waals surface area contributed by atoms with Crippen molar-refractivity contribution in [3.05, 3.63) is 71.7 Å². The highest BCUT2D eigenvalue weighted by Crippen LogP contribution is 2.36.